The molecule has 0 radical (unpaired) electrons. The first-order chi connectivity index (χ1) is 14.7. The van der Waals surface area contributed by atoms with Crippen molar-refractivity contribution in [3.63, 3.8) is 0 Å². The molecule has 3 heterocycles. The van der Waals surface area contributed by atoms with Gasteiger partial charge in [-0.3, -0.25) is 4.98 Å². The standard InChI is InChI=1S/C24H28ClN5/c1-2-30(17-18-11-13-26-14-12-18)24-10-6-9-22(29-24)20-15-23(27-16-21(20)25)28-19-7-4-3-5-8-19/h6,9-16,19H,2-5,7-8,17H2,1H3,(H,27,28). The van der Waals surface area contributed by atoms with Gasteiger partial charge in [0.05, 0.1) is 10.7 Å². The molecular formula is C24H28ClN5. The van der Waals surface area contributed by atoms with Gasteiger partial charge in [0.25, 0.3) is 0 Å². The number of anilines is 2. The Hall–Kier alpha value is -2.66. The van der Waals surface area contributed by atoms with Crippen LogP contribution in [0.5, 0.6) is 0 Å². The van der Waals surface area contributed by atoms with Crippen molar-refractivity contribution < 1.29 is 0 Å². The van der Waals surface area contributed by atoms with Gasteiger partial charge in [0.1, 0.15) is 11.6 Å². The van der Waals surface area contributed by atoms with Gasteiger partial charge >= 0.3 is 0 Å². The molecule has 0 aliphatic heterocycles. The van der Waals surface area contributed by atoms with E-state index in [0.29, 0.717) is 11.1 Å². The van der Waals surface area contributed by atoms with Crippen LogP contribution >= 0.6 is 11.6 Å². The Morgan fingerprint density at radius 2 is 1.90 bits per heavy atom. The van der Waals surface area contributed by atoms with E-state index in [2.05, 4.69) is 27.1 Å². The van der Waals surface area contributed by atoms with Crippen molar-refractivity contribution in [3.05, 3.63) is 65.6 Å². The first-order valence-electron chi connectivity index (χ1n) is 10.8. The topological polar surface area (TPSA) is 53.9 Å². The maximum atomic E-state index is 6.52. The molecule has 0 atom stereocenters. The highest BCUT2D eigenvalue weighted by Crippen LogP contribution is 2.30. The van der Waals surface area contributed by atoms with E-state index in [1.165, 1.54) is 37.7 Å². The Labute approximate surface area is 183 Å². The number of rotatable bonds is 7. The highest BCUT2D eigenvalue weighted by atomic mass is 35.5. The Morgan fingerprint density at radius 3 is 2.67 bits per heavy atom. The molecule has 0 spiro atoms. The van der Waals surface area contributed by atoms with E-state index in [4.69, 9.17) is 16.6 Å². The largest absolute Gasteiger partial charge is 0.367 e. The molecule has 6 heteroatoms. The predicted octanol–water partition coefficient (Wildman–Crippen LogP) is 5.96. The number of nitrogens with zero attached hydrogens (tertiary/aromatic N) is 4. The fraction of sp³-hybridized carbons (Fsp3) is 0.375. The smallest absolute Gasteiger partial charge is 0.129 e. The van der Waals surface area contributed by atoms with Crippen LogP contribution in [0.3, 0.4) is 0 Å². The molecule has 1 aliphatic carbocycles. The average Bonchev–Trinajstić information content (AvgIpc) is 2.80. The highest BCUT2D eigenvalue weighted by Gasteiger charge is 2.16. The Morgan fingerprint density at radius 1 is 1.10 bits per heavy atom. The molecular weight excluding hydrogens is 394 g/mol. The van der Waals surface area contributed by atoms with Crippen molar-refractivity contribution in [2.75, 3.05) is 16.8 Å². The van der Waals surface area contributed by atoms with E-state index < -0.39 is 0 Å². The maximum absolute atomic E-state index is 6.52. The summed E-state index contributed by atoms with van der Waals surface area (Å²) in [6, 6.07) is 12.7. The number of hydrogen-bond acceptors (Lipinski definition) is 5. The van der Waals surface area contributed by atoms with E-state index in [1.54, 1.807) is 6.20 Å². The van der Waals surface area contributed by atoms with Crippen molar-refractivity contribution >= 4 is 23.2 Å². The zero-order valence-electron chi connectivity index (χ0n) is 17.4. The summed E-state index contributed by atoms with van der Waals surface area (Å²) in [7, 11) is 0. The van der Waals surface area contributed by atoms with Gasteiger partial charge in [-0.05, 0) is 55.7 Å². The molecule has 0 unspecified atom stereocenters. The van der Waals surface area contributed by atoms with Gasteiger partial charge < -0.3 is 10.2 Å². The summed E-state index contributed by atoms with van der Waals surface area (Å²) in [5, 5.41) is 4.20. The van der Waals surface area contributed by atoms with Crippen molar-refractivity contribution in [1.82, 2.24) is 15.0 Å². The van der Waals surface area contributed by atoms with Crippen LogP contribution in [0.25, 0.3) is 11.3 Å². The molecule has 1 aliphatic rings. The normalized spacial score (nSPS) is 14.5. The van der Waals surface area contributed by atoms with Crippen LogP contribution in [0.4, 0.5) is 11.6 Å². The summed E-state index contributed by atoms with van der Waals surface area (Å²) >= 11 is 6.52. The van der Waals surface area contributed by atoms with Crippen molar-refractivity contribution in [3.8, 4) is 11.3 Å². The summed E-state index contributed by atoms with van der Waals surface area (Å²) in [5.41, 5.74) is 2.98. The van der Waals surface area contributed by atoms with E-state index in [9.17, 15) is 0 Å². The fourth-order valence-electron chi connectivity index (χ4n) is 3.98. The predicted molar refractivity (Wildman–Crippen MR) is 124 cm³/mol. The number of pyridine rings is 3. The Kier molecular flexibility index (Phi) is 6.80. The Balaban J connectivity index is 1.57. The zero-order chi connectivity index (χ0) is 20.8. The average molecular weight is 422 g/mol. The van der Waals surface area contributed by atoms with Gasteiger partial charge in [-0.25, -0.2) is 9.97 Å². The molecule has 0 saturated heterocycles. The molecule has 156 valence electrons. The van der Waals surface area contributed by atoms with Crippen molar-refractivity contribution in [2.45, 2.75) is 51.6 Å². The van der Waals surface area contributed by atoms with Crippen LogP contribution in [0.1, 0.15) is 44.6 Å². The number of hydrogen-bond donors (Lipinski definition) is 1. The molecule has 3 aromatic rings. The summed E-state index contributed by atoms with van der Waals surface area (Å²) < 4.78 is 0. The third-order valence-corrected chi connectivity index (χ3v) is 5.95. The van der Waals surface area contributed by atoms with Crippen LogP contribution in [0, 0.1) is 0 Å². The zero-order valence-corrected chi connectivity index (χ0v) is 18.1. The lowest BCUT2D eigenvalue weighted by molar-refractivity contribution is 0.462. The van der Waals surface area contributed by atoms with E-state index in [1.807, 2.05) is 48.8 Å². The lowest BCUT2D eigenvalue weighted by Gasteiger charge is -2.24. The third kappa shape index (κ3) is 5.08. The third-order valence-electron chi connectivity index (χ3n) is 5.65. The van der Waals surface area contributed by atoms with E-state index in [0.717, 1.165) is 36.0 Å². The Bertz CT molecular complexity index is 957. The molecule has 1 saturated carbocycles. The molecule has 0 amide bonds. The van der Waals surface area contributed by atoms with Gasteiger partial charge in [-0.1, -0.05) is 36.9 Å². The lowest BCUT2D eigenvalue weighted by Crippen LogP contribution is -2.23. The summed E-state index contributed by atoms with van der Waals surface area (Å²) in [4.78, 5) is 15.8. The summed E-state index contributed by atoms with van der Waals surface area (Å²) in [6.07, 6.45) is 11.7. The minimum Gasteiger partial charge on any atom is -0.367 e. The molecule has 1 fully saturated rings. The van der Waals surface area contributed by atoms with Crippen LogP contribution in [-0.4, -0.2) is 27.5 Å². The molecule has 5 nitrogen and oxygen atoms in total. The van der Waals surface area contributed by atoms with Crippen LogP contribution < -0.4 is 10.2 Å². The van der Waals surface area contributed by atoms with Gasteiger partial charge in [-0.15, -0.1) is 0 Å². The van der Waals surface area contributed by atoms with E-state index in [-0.39, 0.29) is 0 Å². The highest BCUT2D eigenvalue weighted by molar-refractivity contribution is 6.33. The second kappa shape index (κ2) is 9.90. The lowest BCUT2D eigenvalue weighted by atomic mass is 9.95. The van der Waals surface area contributed by atoms with Gasteiger partial charge in [0, 0.05) is 43.3 Å². The molecule has 30 heavy (non-hydrogen) atoms. The maximum Gasteiger partial charge on any atom is 0.129 e. The fourth-order valence-corrected chi connectivity index (χ4v) is 4.18. The van der Waals surface area contributed by atoms with Crippen molar-refractivity contribution in [1.29, 1.82) is 0 Å². The minimum atomic E-state index is 0.496. The molecule has 0 aromatic carbocycles. The quantitative estimate of drug-likeness (QED) is 0.509. The van der Waals surface area contributed by atoms with Crippen molar-refractivity contribution in [2.24, 2.45) is 0 Å². The molecule has 3 aromatic heterocycles. The van der Waals surface area contributed by atoms with Crippen LogP contribution in [0.2, 0.25) is 5.02 Å². The molecule has 4 rings (SSSR count). The van der Waals surface area contributed by atoms with Gasteiger partial charge in [0.15, 0.2) is 0 Å². The number of nitrogens with one attached hydrogen (secondary N) is 1. The molecule has 0 bridgehead atoms. The molecule has 1 N–H and O–H groups in total. The van der Waals surface area contributed by atoms with Gasteiger partial charge in [0.2, 0.25) is 0 Å². The number of halogens is 1. The monoisotopic (exact) mass is 421 g/mol. The van der Waals surface area contributed by atoms with Crippen LogP contribution in [0.15, 0.2) is 55.0 Å². The van der Waals surface area contributed by atoms with Crippen LogP contribution in [-0.2, 0) is 6.54 Å². The second-order valence-corrected chi connectivity index (χ2v) is 8.19. The second-order valence-electron chi connectivity index (χ2n) is 7.78. The summed E-state index contributed by atoms with van der Waals surface area (Å²) in [5.74, 6) is 1.80. The first kappa shape index (κ1) is 20.6. The summed E-state index contributed by atoms with van der Waals surface area (Å²) in [6.45, 7) is 3.78. The SMILES string of the molecule is CCN(Cc1ccncc1)c1cccc(-c2cc(NC3CCCCC3)ncc2Cl)n1. The first-order valence-corrected chi connectivity index (χ1v) is 11.1. The minimum absolute atomic E-state index is 0.496. The van der Waals surface area contributed by atoms with Gasteiger partial charge in [-0.2, -0.15) is 0 Å². The van der Waals surface area contributed by atoms with E-state index >= 15 is 0 Å². The number of aromatic nitrogens is 3.